The first-order chi connectivity index (χ1) is 9.61. The number of nitrogens with zero attached hydrogens (tertiary/aromatic N) is 3. The summed E-state index contributed by atoms with van der Waals surface area (Å²) in [4.78, 5) is 25.2. The number of carbonyl (C=O) groups excluding carboxylic acids is 1. The zero-order valence-electron chi connectivity index (χ0n) is 11.2. The molecule has 0 spiro atoms. The summed E-state index contributed by atoms with van der Waals surface area (Å²) in [5, 5.41) is 4.00. The first kappa shape index (κ1) is 12.4. The third-order valence-electron chi connectivity index (χ3n) is 3.15. The van der Waals surface area contributed by atoms with Crippen molar-refractivity contribution < 1.29 is 9.53 Å². The van der Waals surface area contributed by atoms with Gasteiger partial charge in [0.25, 0.3) is 11.4 Å². The lowest BCUT2D eigenvalue weighted by molar-refractivity contribution is 0.0912. The number of rotatable bonds is 1. The van der Waals surface area contributed by atoms with Crippen LogP contribution in [0.2, 0.25) is 0 Å². The minimum Gasteiger partial charge on any atom is -0.434 e. The molecule has 1 aromatic heterocycles. The van der Waals surface area contributed by atoms with Gasteiger partial charge in [-0.3, -0.25) is 9.59 Å². The molecule has 0 saturated carbocycles. The van der Waals surface area contributed by atoms with Gasteiger partial charge in [0.2, 0.25) is 5.91 Å². The second-order valence-electron chi connectivity index (χ2n) is 4.42. The molecule has 0 unspecified atom stereocenters. The van der Waals surface area contributed by atoms with Crippen molar-refractivity contribution in [3.8, 4) is 11.6 Å². The Kier molecular flexibility index (Phi) is 2.78. The molecule has 6 heteroatoms. The summed E-state index contributed by atoms with van der Waals surface area (Å²) in [7, 11) is 0. The Hall–Kier alpha value is -2.63. The van der Waals surface area contributed by atoms with Gasteiger partial charge < -0.3 is 9.64 Å². The molecule has 0 fully saturated rings. The molecule has 1 aliphatic rings. The SMILES string of the molecule is CCN1c2ccccc2Oc2nn(C(C)=O)c(=O)cc21. The highest BCUT2D eigenvalue weighted by atomic mass is 16.5. The second kappa shape index (κ2) is 4.48. The van der Waals surface area contributed by atoms with Crippen LogP contribution in [0.5, 0.6) is 11.6 Å². The predicted octanol–water partition coefficient (Wildman–Crippen LogP) is 2.17. The quantitative estimate of drug-likeness (QED) is 0.795. The van der Waals surface area contributed by atoms with Crippen LogP contribution >= 0.6 is 0 Å². The fourth-order valence-electron chi connectivity index (χ4n) is 2.26. The standard InChI is InChI=1S/C14H13N3O3/c1-3-16-10-6-4-5-7-12(10)20-14-11(16)8-13(19)17(15-14)9(2)18/h4-8H,3H2,1-2H3. The summed E-state index contributed by atoms with van der Waals surface area (Å²) in [5.74, 6) is 0.478. The minimum absolute atomic E-state index is 0.264. The molecule has 102 valence electrons. The van der Waals surface area contributed by atoms with Crippen LogP contribution in [0.1, 0.15) is 18.6 Å². The highest BCUT2D eigenvalue weighted by Crippen LogP contribution is 2.44. The maximum Gasteiger partial charge on any atom is 0.276 e. The lowest BCUT2D eigenvalue weighted by Gasteiger charge is -2.30. The Labute approximate surface area is 115 Å². The molecule has 0 N–H and O–H groups in total. The van der Waals surface area contributed by atoms with Crippen molar-refractivity contribution in [2.75, 3.05) is 11.4 Å². The van der Waals surface area contributed by atoms with Crippen LogP contribution in [0.15, 0.2) is 35.1 Å². The fourth-order valence-corrected chi connectivity index (χ4v) is 2.26. The molecule has 0 amide bonds. The highest BCUT2D eigenvalue weighted by molar-refractivity contribution is 5.78. The maximum absolute atomic E-state index is 11.9. The Morgan fingerprint density at radius 1 is 1.30 bits per heavy atom. The van der Waals surface area contributed by atoms with Crippen LogP contribution in [-0.4, -0.2) is 22.2 Å². The van der Waals surface area contributed by atoms with Gasteiger partial charge in [0.05, 0.1) is 5.69 Å². The van der Waals surface area contributed by atoms with Crippen LogP contribution < -0.4 is 15.2 Å². The average molecular weight is 271 g/mol. The van der Waals surface area contributed by atoms with Gasteiger partial charge in [-0.15, -0.1) is 5.10 Å². The van der Waals surface area contributed by atoms with E-state index < -0.39 is 11.5 Å². The van der Waals surface area contributed by atoms with E-state index in [2.05, 4.69) is 5.10 Å². The van der Waals surface area contributed by atoms with Gasteiger partial charge >= 0.3 is 0 Å². The molecule has 0 bridgehead atoms. The number of ether oxygens (including phenoxy) is 1. The second-order valence-corrected chi connectivity index (χ2v) is 4.42. The van der Waals surface area contributed by atoms with Gasteiger partial charge in [-0.25, -0.2) is 0 Å². The van der Waals surface area contributed by atoms with E-state index in [1.807, 2.05) is 36.1 Å². The molecule has 0 saturated heterocycles. The smallest absolute Gasteiger partial charge is 0.276 e. The van der Waals surface area contributed by atoms with Gasteiger partial charge in [0.15, 0.2) is 5.75 Å². The highest BCUT2D eigenvalue weighted by Gasteiger charge is 2.26. The van der Waals surface area contributed by atoms with Crippen molar-refractivity contribution >= 4 is 17.3 Å². The van der Waals surface area contributed by atoms with Gasteiger partial charge in [-0.05, 0) is 19.1 Å². The summed E-state index contributed by atoms with van der Waals surface area (Å²) >= 11 is 0. The summed E-state index contributed by atoms with van der Waals surface area (Å²) in [5.41, 5.74) is 0.996. The van der Waals surface area contributed by atoms with Crippen LogP contribution in [0.4, 0.5) is 11.4 Å². The van der Waals surface area contributed by atoms with E-state index in [-0.39, 0.29) is 5.88 Å². The number of anilines is 2. The molecular weight excluding hydrogens is 258 g/mol. The summed E-state index contributed by atoms with van der Waals surface area (Å²) in [6, 6.07) is 8.88. The fraction of sp³-hybridized carbons (Fsp3) is 0.214. The maximum atomic E-state index is 11.9. The Balaban J connectivity index is 2.22. The van der Waals surface area contributed by atoms with Crippen molar-refractivity contribution in [3.05, 3.63) is 40.7 Å². The first-order valence-corrected chi connectivity index (χ1v) is 6.31. The molecule has 2 aromatic rings. The molecule has 6 nitrogen and oxygen atoms in total. The van der Waals surface area contributed by atoms with Gasteiger partial charge in [-0.1, -0.05) is 12.1 Å². The minimum atomic E-state index is -0.460. The predicted molar refractivity (Wildman–Crippen MR) is 74.0 cm³/mol. The van der Waals surface area contributed by atoms with E-state index in [4.69, 9.17) is 4.74 Å². The molecule has 0 atom stereocenters. The van der Waals surface area contributed by atoms with Crippen LogP contribution in [0.25, 0.3) is 0 Å². The lowest BCUT2D eigenvalue weighted by Crippen LogP contribution is -2.31. The van der Waals surface area contributed by atoms with Gasteiger partial charge in [-0.2, -0.15) is 4.68 Å². The number of hydrogen-bond acceptors (Lipinski definition) is 5. The monoisotopic (exact) mass is 271 g/mol. The van der Waals surface area contributed by atoms with Crippen LogP contribution in [0.3, 0.4) is 0 Å². The van der Waals surface area contributed by atoms with Gasteiger partial charge in [0, 0.05) is 19.5 Å². The van der Waals surface area contributed by atoms with Crippen molar-refractivity contribution in [3.63, 3.8) is 0 Å². The van der Waals surface area contributed by atoms with Crippen molar-refractivity contribution in [2.24, 2.45) is 0 Å². The zero-order chi connectivity index (χ0) is 14.3. The summed E-state index contributed by atoms with van der Waals surface area (Å²) in [6.07, 6.45) is 0. The Morgan fingerprint density at radius 3 is 2.75 bits per heavy atom. The molecule has 3 rings (SSSR count). The molecular formula is C14H13N3O3. The summed E-state index contributed by atoms with van der Waals surface area (Å²) < 4.78 is 6.50. The van der Waals surface area contributed by atoms with Crippen molar-refractivity contribution in [1.29, 1.82) is 0 Å². The Bertz CT molecular complexity index is 752. The van der Waals surface area contributed by atoms with E-state index in [1.165, 1.54) is 13.0 Å². The third-order valence-corrected chi connectivity index (χ3v) is 3.15. The van der Waals surface area contributed by atoms with E-state index in [0.29, 0.717) is 18.0 Å². The topological polar surface area (TPSA) is 64.4 Å². The van der Waals surface area contributed by atoms with E-state index >= 15 is 0 Å². The zero-order valence-corrected chi connectivity index (χ0v) is 11.2. The van der Waals surface area contributed by atoms with Crippen LogP contribution in [-0.2, 0) is 0 Å². The molecule has 0 radical (unpaired) electrons. The van der Waals surface area contributed by atoms with Crippen molar-refractivity contribution in [1.82, 2.24) is 9.78 Å². The number of fused-ring (bicyclic) bond motifs is 2. The number of benzene rings is 1. The number of carbonyl (C=O) groups is 1. The Morgan fingerprint density at radius 2 is 2.05 bits per heavy atom. The molecule has 0 aliphatic carbocycles. The van der Waals surface area contributed by atoms with E-state index in [9.17, 15) is 9.59 Å². The largest absolute Gasteiger partial charge is 0.434 e. The van der Waals surface area contributed by atoms with Crippen molar-refractivity contribution in [2.45, 2.75) is 13.8 Å². The average Bonchev–Trinajstić information content (AvgIpc) is 2.44. The summed E-state index contributed by atoms with van der Waals surface area (Å²) in [6.45, 7) is 3.93. The number of para-hydroxylation sites is 2. The van der Waals surface area contributed by atoms with E-state index in [1.54, 1.807) is 0 Å². The first-order valence-electron chi connectivity index (χ1n) is 6.31. The normalized spacial score (nSPS) is 12.4. The van der Waals surface area contributed by atoms with Gasteiger partial charge in [0.1, 0.15) is 5.69 Å². The lowest BCUT2D eigenvalue weighted by atomic mass is 10.2. The molecule has 1 aliphatic heterocycles. The van der Waals surface area contributed by atoms with E-state index in [0.717, 1.165) is 10.4 Å². The third kappa shape index (κ3) is 1.77. The number of hydrogen-bond donors (Lipinski definition) is 0. The molecule has 1 aromatic carbocycles. The number of aromatic nitrogens is 2. The van der Waals surface area contributed by atoms with Crippen LogP contribution in [0, 0.1) is 0 Å². The molecule has 2 heterocycles. The molecule has 20 heavy (non-hydrogen) atoms.